The van der Waals surface area contributed by atoms with Crippen molar-refractivity contribution in [2.75, 3.05) is 19.0 Å². The molecule has 28 heavy (non-hydrogen) atoms. The third kappa shape index (κ3) is 7.21. The minimum atomic E-state index is -3.43. The first-order valence-electron chi connectivity index (χ1n) is 7.93. The summed E-state index contributed by atoms with van der Waals surface area (Å²) in [5, 5.41) is 0.953. The van der Waals surface area contributed by atoms with Gasteiger partial charge in [0, 0.05) is 17.2 Å². The quantitative estimate of drug-likeness (QED) is 0.362. The van der Waals surface area contributed by atoms with Crippen molar-refractivity contribution in [1.29, 1.82) is 0 Å². The van der Waals surface area contributed by atoms with Gasteiger partial charge in [-0.1, -0.05) is 58.0 Å². The normalized spacial score (nSPS) is 11.2. The van der Waals surface area contributed by atoms with E-state index in [-0.39, 0.29) is 50.6 Å². The molecule has 0 N–H and O–H groups in total. The second-order valence-electron chi connectivity index (χ2n) is 5.50. The average molecular weight is 505 g/mol. The van der Waals surface area contributed by atoms with E-state index < -0.39 is 9.84 Å². The van der Waals surface area contributed by atoms with Gasteiger partial charge in [0.05, 0.1) is 27.3 Å². The fourth-order valence-electron chi connectivity index (χ4n) is 2.14. The molecule has 0 aliphatic heterocycles. The molecule has 4 nitrogen and oxygen atoms in total. The maximum absolute atomic E-state index is 12.3. The van der Waals surface area contributed by atoms with Crippen molar-refractivity contribution in [2.45, 2.75) is 11.3 Å². The lowest BCUT2D eigenvalue weighted by Crippen LogP contribution is -2.10. The molecule has 0 aliphatic carbocycles. The molecule has 0 aliphatic rings. The van der Waals surface area contributed by atoms with Crippen LogP contribution in [0.5, 0.6) is 11.5 Å². The van der Waals surface area contributed by atoms with Gasteiger partial charge in [-0.2, -0.15) is 0 Å². The topological polar surface area (TPSA) is 52.6 Å². The Morgan fingerprint density at radius 3 is 2.14 bits per heavy atom. The van der Waals surface area contributed by atoms with Crippen molar-refractivity contribution < 1.29 is 17.9 Å². The van der Waals surface area contributed by atoms with E-state index in [0.717, 1.165) is 0 Å². The summed E-state index contributed by atoms with van der Waals surface area (Å²) in [4.78, 5) is 0.209. The minimum Gasteiger partial charge on any atom is -0.490 e. The zero-order chi connectivity index (χ0) is 20.7. The first kappa shape index (κ1) is 23.5. The highest BCUT2D eigenvalue weighted by atomic mass is 35.5. The Hall–Kier alpha value is -0.820. The molecule has 0 radical (unpaired) electrons. The molecular formula is C18H15Cl5O4S. The van der Waals surface area contributed by atoms with Crippen LogP contribution in [-0.4, -0.2) is 27.4 Å². The molecule has 0 saturated carbocycles. The van der Waals surface area contributed by atoms with E-state index >= 15 is 0 Å². The average Bonchev–Trinajstić information content (AvgIpc) is 2.60. The third-order valence-corrected chi connectivity index (χ3v) is 6.37. The second-order valence-corrected chi connectivity index (χ2v) is 9.86. The summed E-state index contributed by atoms with van der Waals surface area (Å²) >= 11 is 29.1. The lowest BCUT2D eigenvalue weighted by Gasteiger charge is -2.12. The first-order chi connectivity index (χ1) is 13.2. The zero-order valence-corrected chi connectivity index (χ0v) is 18.9. The first-order valence-corrected chi connectivity index (χ1v) is 11.5. The Labute approximate surface area is 188 Å². The molecule has 2 aromatic rings. The van der Waals surface area contributed by atoms with Gasteiger partial charge in [-0.3, -0.25) is 0 Å². The van der Waals surface area contributed by atoms with Crippen LogP contribution in [0, 0.1) is 0 Å². The lowest BCUT2D eigenvalue weighted by molar-refractivity contribution is 0.316. The van der Waals surface area contributed by atoms with E-state index in [1.54, 1.807) is 0 Å². The van der Waals surface area contributed by atoms with Crippen molar-refractivity contribution in [2.24, 2.45) is 0 Å². The Morgan fingerprint density at radius 2 is 1.57 bits per heavy atom. The molecule has 0 saturated heterocycles. The molecule has 0 spiro atoms. The predicted molar refractivity (Wildman–Crippen MR) is 115 cm³/mol. The van der Waals surface area contributed by atoms with Crippen LogP contribution < -0.4 is 9.47 Å². The third-order valence-electron chi connectivity index (χ3n) is 3.44. The minimum absolute atomic E-state index is 0.0867. The fourth-order valence-corrected chi connectivity index (χ4v) is 4.25. The Balaban J connectivity index is 1.92. The molecule has 0 bridgehead atoms. The van der Waals surface area contributed by atoms with E-state index in [2.05, 4.69) is 0 Å². The van der Waals surface area contributed by atoms with Crippen LogP contribution in [0.4, 0.5) is 0 Å². The number of halogens is 5. The van der Waals surface area contributed by atoms with Crippen molar-refractivity contribution in [3.63, 3.8) is 0 Å². The molecular weight excluding hydrogens is 490 g/mol. The Bertz CT molecular complexity index is 916. The molecule has 0 heterocycles. The van der Waals surface area contributed by atoms with E-state index in [1.165, 1.54) is 42.5 Å². The van der Waals surface area contributed by atoms with Gasteiger partial charge >= 0.3 is 0 Å². The van der Waals surface area contributed by atoms with Crippen LogP contribution in [-0.2, 0) is 9.84 Å². The van der Waals surface area contributed by atoms with Crippen LogP contribution in [0.15, 0.2) is 51.9 Å². The standard InChI is InChI=1S/C18H15Cl5O4S/c19-12-2-4-14(5-3-12)28(24,25)9-1-7-27-18-15(20)10-13(11-16(18)21)26-8-6-17(22)23/h2-6,10-11H,1,7-9H2. The molecule has 0 fully saturated rings. The molecule has 0 amide bonds. The molecule has 0 unspecified atom stereocenters. The zero-order valence-electron chi connectivity index (χ0n) is 14.3. The van der Waals surface area contributed by atoms with Gasteiger partial charge in [-0.25, -0.2) is 8.42 Å². The molecule has 152 valence electrons. The van der Waals surface area contributed by atoms with Gasteiger partial charge in [0.15, 0.2) is 15.6 Å². The van der Waals surface area contributed by atoms with E-state index in [4.69, 9.17) is 67.5 Å². The van der Waals surface area contributed by atoms with Crippen LogP contribution in [0.1, 0.15) is 6.42 Å². The van der Waals surface area contributed by atoms with Gasteiger partial charge in [0.2, 0.25) is 0 Å². The van der Waals surface area contributed by atoms with Crippen LogP contribution in [0.3, 0.4) is 0 Å². The van der Waals surface area contributed by atoms with Gasteiger partial charge in [-0.15, -0.1) is 0 Å². The summed E-state index contributed by atoms with van der Waals surface area (Å²) < 4.78 is 35.6. The summed E-state index contributed by atoms with van der Waals surface area (Å²) in [6, 6.07) is 9.07. The molecule has 2 rings (SSSR count). The van der Waals surface area contributed by atoms with Gasteiger partial charge < -0.3 is 9.47 Å². The number of sulfone groups is 1. The number of benzene rings is 2. The van der Waals surface area contributed by atoms with Crippen LogP contribution in [0.25, 0.3) is 0 Å². The maximum atomic E-state index is 12.3. The van der Waals surface area contributed by atoms with Crippen LogP contribution in [0.2, 0.25) is 15.1 Å². The van der Waals surface area contributed by atoms with Crippen molar-refractivity contribution in [3.05, 3.63) is 62.0 Å². The largest absolute Gasteiger partial charge is 0.490 e. The monoisotopic (exact) mass is 502 g/mol. The van der Waals surface area contributed by atoms with Crippen molar-refractivity contribution in [3.8, 4) is 11.5 Å². The maximum Gasteiger partial charge on any atom is 0.178 e. The Kier molecular flexibility index (Phi) is 9.06. The smallest absolute Gasteiger partial charge is 0.178 e. The Morgan fingerprint density at radius 1 is 0.964 bits per heavy atom. The predicted octanol–water partition coefficient (Wildman–Crippen LogP) is 6.59. The summed E-state index contributed by atoms with van der Waals surface area (Å²) in [5.41, 5.74) is 0. The number of hydrogen-bond donors (Lipinski definition) is 0. The van der Waals surface area contributed by atoms with Gasteiger partial charge in [0.25, 0.3) is 0 Å². The summed E-state index contributed by atoms with van der Waals surface area (Å²) in [6.45, 7) is 0.273. The summed E-state index contributed by atoms with van der Waals surface area (Å²) in [6.07, 6.45) is 1.73. The van der Waals surface area contributed by atoms with E-state index in [0.29, 0.717) is 10.8 Å². The van der Waals surface area contributed by atoms with Gasteiger partial charge in [0.1, 0.15) is 16.8 Å². The number of rotatable bonds is 9. The summed E-state index contributed by atoms with van der Waals surface area (Å²) in [5.74, 6) is 0.584. The second kappa shape index (κ2) is 10.8. The van der Waals surface area contributed by atoms with Gasteiger partial charge in [-0.05, 0) is 36.8 Å². The fraction of sp³-hybridized carbons (Fsp3) is 0.222. The van der Waals surface area contributed by atoms with Crippen LogP contribution >= 0.6 is 58.0 Å². The highest BCUT2D eigenvalue weighted by Gasteiger charge is 2.15. The summed E-state index contributed by atoms with van der Waals surface area (Å²) in [7, 11) is -3.43. The van der Waals surface area contributed by atoms with Crippen molar-refractivity contribution in [1.82, 2.24) is 0 Å². The highest BCUT2D eigenvalue weighted by molar-refractivity contribution is 7.91. The molecule has 10 heteroatoms. The van der Waals surface area contributed by atoms with Crippen molar-refractivity contribution >= 4 is 67.8 Å². The molecule has 0 aromatic heterocycles. The lowest BCUT2D eigenvalue weighted by atomic mass is 10.3. The number of ether oxygens (including phenoxy) is 2. The molecule has 2 aromatic carbocycles. The molecule has 0 atom stereocenters. The SMILES string of the molecule is O=S(=O)(CCCOc1c(Cl)cc(OCC=C(Cl)Cl)cc1Cl)c1ccc(Cl)cc1. The van der Waals surface area contributed by atoms with E-state index in [9.17, 15) is 8.42 Å². The highest BCUT2D eigenvalue weighted by Crippen LogP contribution is 2.37. The van der Waals surface area contributed by atoms with E-state index in [1.807, 2.05) is 0 Å². The number of hydrogen-bond acceptors (Lipinski definition) is 4.